The van der Waals surface area contributed by atoms with Crippen LogP contribution in [0.2, 0.25) is 0 Å². The minimum Gasteiger partial charge on any atom is -0.349 e. The van der Waals surface area contributed by atoms with Crippen LogP contribution in [0.3, 0.4) is 0 Å². The van der Waals surface area contributed by atoms with Crippen molar-refractivity contribution in [3.8, 4) is 0 Å². The molecule has 3 aromatic carbocycles. The summed E-state index contributed by atoms with van der Waals surface area (Å²) >= 11 is 0. The Hall–Kier alpha value is -2.68. The molecule has 3 aromatic rings. The third-order valence-corrected chi connectivity index (χ3v) is 3.93. The van der Waals surface area contributed by atoms with Crippen LogP contribution < -0.4 is 5.32 Å². The molecule has 0 aliphatic carbocycles. The lowest BCUT2D eigenvalue weighted by Gasteiger charge is -2.14. The summed E-state index contributed by atoms with van der Waals surface area (Å²) in [6.07, 6.45) is 0.330. The van der Waals surface area contributed by atoms with E-state index in [-0.39, 0.29) is 17.8 Å². The molecule has 3 rings (SSSR count). The van der Waals surface area contributed by atoms with Gasteiger partial charge in [0.15, 0.2) is 0 Å². The Kier molecular flexibility index (Phi) is 4.38. The van der Waals surface area contributed by atoms with Crippen molar-refractivity contribution < 1.29 is 9.18 Å². The largest absolute Gasteiger partial charge is 0.349 e. The Labute approximate surface area is 135 Å². The van der Waals surface area contributed by atoms with Crippen LogP contribution in [0.25, 0.3) is 10.8 Å². The average Bonchev–Trinajstić information content (AvgIpc) is 2.55. The maximum absolute atomic E-state index is 12.9. The minimum absolute atomic E-state index is 0.0443. The van der Waals surface area contributed by atoms with E-state index in [2.05, 4.69) is 11.4 Å². The summed E-state index contributed by atoms with van der Waals surface area (Å²) in [5.41, 5.74) is 1.87. The quantitative estimate of drug-likeness (QED) is 0.760. The first kappa shape index (κ1) is 15.2. The number of carbonyl (C=O) groups excluding carboxylic acids is 1. The van der Waals surface area contributed by atoms with E-state index in [0.29, 0.717) is 6.42 Å². The molecule has 116 valence electrons. The number of rotatable bonds is 4. The molecule has 3 heteroatoms. The molecule has 0 aliphatic rings. The molecule has 0 aliphatic heterocycles. The number of hydrogen-bond donors (Lipinski definition) is 1. The van der Waals surface area contributed by atoms with Gasteiger partial charge in [-0.3, -0.25) is 4.79 Å². The second-order valence-electron chi connectivity index (χ2n) is 5.70. The smallest absolute Gasteiger partial charge is 0.224 e. The Morgan fingerprint density at radius 2 is 1.70 bits per heavy atom. The molecule has 0 radical (unpaired) electrons. The lowest BCUT2D eigenvalue weighted by Crippen LogP contribution is -2.28. The number of amides is 1. The number of fused-ring (bicyclic) bond motifs is 1. The van der Waals surface area contributed by atoms with Crippen LogP contribution in [-0.4, -0.2) is 5.91 Å². The van der Waals surface area contributed by atoms with Gasteiger partial charge in [-0.1, -0.05) is 54.6 Å². The van der Waals surface area contributed by atoms with Crippen molar-refractivity contribution in [3.63, 3.8) is 0 Å². The third-order valence-electron chi connectivity index (χ3n) is 3.93. The minimum atomic E-state index is -0.275. The predicted molar refractivity (Wildman–Crippen MR) is 90.6 cm³/mol. The fraction of sp³-hybridized carbons (Fsp3) is 0.150. The normalized spacial score (nSPS) is 12.1. The number of nitrogens with one attached hydrogen (secondary N) is 1. The number of hydrogen-bond acceptors (Lipinski definition) is 1. The van der Waals surface area contributed by atoms with Crippen LogP contribution in [0.1, 0.15) is 24.1 Å². The monoisotopic (exact) mass is 307 g/mol. The summed E-state index contributed by atoms with van der Waals surface area (Å²) in [6.45, 7) is 1.89. The van der Waals surface area contributed by atoms with Gasteiger partial charge in [0.25, 0.3) is 0 Å². The molecular weight excluding hydrogens is 289 g/mol. The van der Waals surface area contributed by atoms with Crippen LogP contribution in [0.5, 0.6) is 0 Å². The molecule has 1 N–H and O–H groups in total. The van der Waals surface area contributed by atoms with Crippen molar-refractivity contribution in [2.45, 2.75) is 19.4 Å². The van der Waals surface area contributed by atoms with Gasteiger partial charge < -0.3 is 5.32 Å². The zero-order valence-electron chi connectivity index (χ0n) is 12.9. The van der Waals surface area contributed by atoms with E-state index in [1.54, 1.807) is 12.1 Å². The highest BCUT2D eigenvalue weighted by molar-refractivity contribution is 5.85. The van der Waals surface area contributed by atoms with E-state index < -0.39 is 0 Å². The van der Waals surface area contributed by atoms with Gasteiger partial charge in [-0.15, -0.1) is 0 Å². The molecule has 2 nitrogen and oxygen atoms in total. The first-order valence-corrected chi connectivity index (χ1v) is 7.64. The van der Waals surface area contributed by atoms with Gasteiger partial charge in [-0.05, 0) is 41.0 Å². The van der Waals surface area contributed by atoms with Crippen molar-refractivity contribution in [1.29, 1.82) is 0 Å². The number of halogens is 1. The van der Waals surface area contributed by atoms with E-state index in [1.807, 2.05) is 43.3 Å². The van der Waals surface area contributed by atoms with E-state index in [4.69, 9.17) is 0 Å². The molecule has 0 aromatic heterocycles. The average molecular weight is 307 g/mol. The standard InChI is InChI=1S/C20H18FNO/c1-14(16-8-10-19(21)11-9-16)22-20(23)13-15-6-7-17-4-2-3-5-18(17)12-15/h2-12,14H,13H2,1H3,(H,22,23). The van der Waals surface area contributed by atoms with Crippen molar-refractivity contribution in [2.75, 3.05) is 0 Å². The highest BCUT2D eigenvalue weighted by Gasteiger charge is 2.10. The molecule has 0 saturated heterocycles. The summed E-state index contributed by atoms with van der Waals surface area (Å²) < 4.78 is 12.9. The van der Waals surface area contributed by atoms with Gasteiger partial charge in [-0.2, -0.15) is 0 Å². The lowest BCUT2D eigenvalue weighted by atomic mass is 10.0. The summed E-state index contributed by atoms with van der Waals surface area (Å²) in [5, 5.41) is 5.24. The highest BCUT2D eigenvalue weighted by atomic mass is 19.1. The van der Waals surface area contributed by atoms with E-state index in [1.165, 1.54) is 12.1 Å². The Bertz CT molecular complexity index is 826. The molecule has 0 heterocycles. The van der Waals surface area contributed by atoms with Gasteiger partial charge >= 0.3 is 0 Å². The molecule has 0 spiro atoms. The van der Waals surface area contributed by atoms with Crippen molar-refractivity contribution in [3.05, 3.63) is 83.7 Å². The molecule has 1 amide bonds. The van der Waals surface area contributed by atoms with E-state index in [9.17, 15) is 9.18 Å². The Morgan fingerprint density at radius 3 is 2.43 bits per heavy atom. The van der Waals surface area contributed by atoms with Gasteiger partial charge in [0.1, 0.15) is 5.82 Å². The van der Waals surface area contributed by atoms with Crippen molar-refractivity contribution >= 4 is 16.7 Å². The first-order valence-electron chi connectivity index (χ1n) is 7.64. The van der Waals surface area contributed by atoms with Gasteiger partial charge in [-0.25, -0.2) is 4.39 Å². The summed E-state index contributed by atoms with van der Waals surface area (Å²) in [7, 11) is 0. The third kappa shape index (κ3) is 3.75. The Morgan fingerprint density at radius 1 is 1.00 bits per heavy atom. The fourth-order valence-corrected chi connectivity index (χ4v) is 2.66. The molecule has 0 bridgehead atoms. The SMILES string of the molecule is CC(NC(=O)Cc1ccc2ccccc2c1)c1ccc(F)cc1. The molecular formula is C20H18FNO. The van der Waals surface area contributed by atoms with E-state index in [0.717, 1.165) is 21.9 Å². The van der Waals surface area contributed by atoms with Crippen LogP contribution in [0, 0.1) is 5.82 Å². The van der Waals surface area contributed by atoms with Crippen LogP contribution >= 0.6 is 0 Å². The van der Waals surface area contributed by atoms with Gasteiger partial charge in [0.2, 0.25) is 5.91 Å². The summed E-state index contributed by atoms with van der Waals surface area (Å²) in [6, 6.07) is 20.2. The highest BCUT2D eigenvalue weighted by Crippen LogP contribution is 2.17. The van der Waals surface area contributed by atoms with Crippen LogP contribution in [-0.2, 0) is 11.2 Å². The van der Waals surface area contributed by atoms with Gasteiger partial charge in [0, 0.05) is 0 Å². The topological polar surface area (TPSA) is 29.1 Å². The van der Waals surface area contributed by atoms with Gasteiger partial charge in [0.05, 0.1) is 12.5 Å². The zero-order valence-corrected chi connectivity index (χ0v) is 12.9. The maximum atomic E-state index is 12.9. The second kappa shape index (κ2) is 6.61. The Balaban J connectivity index is 1.67. The lowest BCUT2D eigenvalue weighted by molar-refractivity contribution is -0.121. The maximum Gasteiger partial charge on any atom is 0.224 e. The molecule has 1 unspecified atom stereocenters. The first-order chi connectivity index (χ1) is 11.1. The van der Waals surface area contributed by atoms with Crippen LogP contribution in [0.4, 0.5) is 4.39 Å². The summed E-state index contributed by atoms with van der Waals surface area (Å²) in [4.78, 5) is 12.2. The van der Waals surface area contributed by atoms with Crippen molar-refractivity contribution in [2.24, 2.45) is 0 Å². The predicted octanol–water partition coefficient (Wildman–Crippen LogP) is 4.40. The van der Waals surface area contributed by atoms with E-state index >= 15 is 0 Å². The zero-order chi connectivity index (χ0) is 16.2. The molecule has 0 saturated carbocycles. The molecule has 23 heavy (non-hydrogen) atoms. The number of benzene rings is 3. The van der Waals surface area contributed by atoms with Crippen molar-refractivity contribution in [1.82, 2.24) is 5.32 Å². The van der Waals surface area contributed by atoms with Crippen LogP contribution in [0.15, 0.2) is 66.7 Å². The molecule has 1 atom stereocenters. The summed E-state index contributed by atoms with van der Waals surface area (Å²) in [5.74, 6) is -0.319. The second-order valence-corrected chi connectivity index (χ2v) is 5.70. The number of carbonyl (C=O) groups is 1. The fourth-order valence-electron chi connectivity index (χ4n) is 2.66. The molecule has 0 fully saturated rings.